The van der Waals surface area contributed by atoms with Gasteiger partial charge >= 0.3 is 17.7 Å². The number of methoxy groups -OCH3 is 1. The Labute approximate surface area is 473 Å². The maximum Gasteiger partial charge on any atom is 0.341 e. The molecule has 3 fully saturated rings. The number of aliphatic hydroxyl groups excluding tert-OH is 2. The Morgan fingerprint density at radius 1 is 0.915 bits per heavy atom. The molecule has 3 aromatic rings. The summed E-state index contributed by atoms with van der Waals surface area (Å²) in [6.45, 7) is 14.1. The number of anilines is 1. The number of aliphatic hydroxyl groups is 2. The summed E-state index contributed by atoms with van der Waals surface area (Å²) in [6, 6.07) is 0.168. The molecule has 1 amide bonds. The number of ketones is 3. The number of nitrogens with one attached hydrogen (secondary N) is 2. The smallest absolute Gasteiger partial charge is 0.341 e. The minimum absolute atomic E-state index is 0.0421. The predicted molar refractivity (Wildman–Crippen MR) is 297 cm³/mol. The van der Waals surface area contributed by atoms with Crippen LogP contribution in [0.25, 0.3) is 5.52 Å². The molecule has 8 N–H and O–H groups in total. The van der Waals surface area contributed by atoms with Gasteiger partial charge in [-0.3, -0.25) is 33.2 Å². The number of allylic oxidation sites excluding steroid dienone is 4. The Morgan fingerprint density at radius 2 is 1.60 bits per heavy atom. The third-order valence-corrected chi connectivity index (χ3v) is 17.5. The number of amides is 1. The number of aryl methyl sites for hydroxylation is 1. The molecule has 0 unspecified atom stereocenters. The van der Waals surface area contributed by atoms with Crippen LogP contribution >= 0.6 is 0 Å². The molecular formula is C60H73FN6O15. The number of carbonyl (C=O) groups excluding carboxylic acids is 5. The Kier molecular flexibility index (Phi) is 16.8. The van der Waals surface area contributed by atoms with Crippen LogP contribution in [-0.2, 0) is 23.8 Å². The molecular weight excluding hydrogens is 1060 g/mol. The van der Waals surface area contributed by atoms with Gasteiger partial charge in [0.1, 0.15) is 34.6 Å². The lowest BCUT2D eigenvalue weighted by atomic mass is 9.81. The van der Waals surface area contributed by atoms with Gasteiger partial charge in [-0.1, -0.05) is 39.0 Å². The van der Waals surface area contributed by atoms with Crippen molar-refractivity contribution >= 4 is 46.4 Å². The highest BCUT2D eigenvalue weighted by atomic mass is 19.1. The van der Waals surface area contributed by atoms with Gasteiger partial charge in [0.05, 0.1) is 64.7 Å². The molecule has 82 heavy (non-hydrogen) atoms. The molecule has 2 aliphatic carbocycles. The van der Waals surface area contributed by atoms with Crippen LogP contribution in [-0.4, -0.2) is 147 Å². The number of rotatable bonds is 9. The van der Waals surface area contributed by atoms with Gasteiger partial charge in [-0.05, 0) is 94.5 Å². The van der Waals surface area contributed by atoms with E-state index in [0.29, 0.717) is 55.7 Å². The molecule has 5 aliphatic heterocycles. The van der Waals surface area contributed by atoms with Crippen molar-refractivity contribution in [3.63, 3.8) is 0 Å². The Bertz CT molecular complexity index is 3340. The van der Waals surface area contributed by atoms with E-state index < -0.39 is 129 Å². The Balaban J connectivity index is 0.989. The fourth-order valence-electron chi connectivity index (χ4n) is 12.4. The number of Topliss-reactive ketones (excluding diaryl/α,β-unsaturated/α-hetero) is 3. The third-order valence-electron chi connectivity index (χ3n) is 17.5. The average molecular weight is 1140 g/mol. The quantitative estimate of drug-likeness (QED) is 0.141. The number of esters is 1. The summed E-state index contributed by atoms with van der Waals surface area (Å²) in [7, 11) is 1.38. The van der Waals surface area contributed by atoms with Crippen LogP contribution in [0.5, 0.6) is 11.5 Å². The van der Waals surface area contributed by atoms with Gasteiger partial charge in [0.2, 0.25) is 11.6 Å². The topological polar surface area (TPSA) is 298 Å². The van der Waals surface area contributed by atoms with E-state index in [1.54, 1.807) is 38.7 Å². The molecule has 10 rings (SSSR count). The molecule has 1 saturated carbocycles. The van der Waals surface area contributed by atoms with E-state index in [-0.39, 0.29) is 59.1 Å². The van der Waals surface area contributed by atoms with Gasteiger partial charge in [-0.2, -0.15) is 0 Å². The zero-order valence-corrected chi connectivity index (χ0v) is 47.5. The molecule has 2 aromatic heterocycles. The number of fused-ring (bicyclic) bond motifs is 15. The SMILES string of the molecule is CO[C@H]1/C=C/O[C@@]2(C)Oc3c(C)c(O)c4c(c3C2=O)C(=O)C(N2CCC(CN[C@H]3CCN(c5c(F)cn6c(=O)c(C(=O)O)cc(C7CC7)c6c5C)C3)CC2)=C(NC(=O)/C(C)=C\C=C\[C@H](C)[C@H](O)[C@@H](C)[C@@H](O)[C@@H](N)[C@H](OC(C)=O)[C@@H]1C)C4=O. The van der Waals surface area contributed by atoms with Crippen molar-refractivity contribution in [3.05, 3.63) is 115 Å². The zero-order chi connectivity index (χ0) is 59.5. The van der Waals surface area contributed by atoms with E-state index in [9.17, 15) is 44.4 Å². The number of nitrogens with zero attached hydrogens (tertiary/aromatic N) is 3. The van der Waals surface area contributed by atoms with E-state index >= 15 is 14.0 Å². The number of piperidine rings is 1. The first-order valence-electron chi connectivity index (χ1n) is 27.9. The second-order valence-electron chi connectivity index (χ2n) is 23.1. The fraction of sp³-hybridized carbons (Fsp3) is 0.517. The number of likely N-dealkylation sites (tertiary alicyclic amines) is 1. The standard InChI is InChI=1S/C60H73FN6O15/c1-27-11-10-12-28(2)57(75)64-45-48(65-19-15-34(16-20-65)24-63-36-17-21-66(25-36)47-30(4)46-37(35-13-14-35)23-38(59(77)78)58(76)67(46)26-39(47)61)53(73)41-42(52(45)72)50(70)32(6)54-43(41)56(74)60(8,82-54)80-22-18-40(79-9)29(3)55(81-33(7)68)44(62)51(71)31(5)49(27)69/h10-12,18,22-23,26-27,29,31,34-36,40,44,49,51,55,63,69-71H,13-17,19-21,24-25,62H2,1-9H3,(H,64,75)(H,77,78)/b11-10+,22-18+,28-12-/t27-,29+,31+,36-,40-,44+,49-,51+,55+,60-/m0/s1. The van der Waals surface area contributed by atoms with Crippen molar-refractivity contribution in [3.8, 4) is 11.5 Å². The summed E-state index contributed by atoms with van der Waals surface area (Å²) >= 11 is 0. The average Bonchev–Trinajstić information content (AvgIpc) is 1.70. The van der Waals surface area contributed by atoms with Gasteiger partial charge in [-0.15, -0.1) is 0 Å². The number of aromatic hydroxyl groups is 1. The van der Waals surface area contributed by atoms with Gasteiger partial charge in [0.15, 0.2) is 5.82 Å². The lowest BCUT2D eigenvalue weighted by Gasteiger charge is -2.37. The second kappa shape index (κ2) is 23.2. The fourth-order valence-corrected chi connectivity index (χ4v) is 12.4. The Morgan fingerprint density at radius 3 is 2.24 bits per heavy atom. The molecule has 440 valence electrons. The minimum Gasteiger partial charge on any atom is -0.507 e. The normalized spacial score (nSPS) is 30.0. The largest absolute Gasteiger partial charge is 0.507 e. The number of halogens is 1. The maximum atomic E-state index is 16.1. The highest BCUT2D eigenvalue weighted by molar-refractivity contribution is 6.32. The number of nitrogens with two attached hydrogens (primary N) is 1. The second-order valence-corrected chi connectivity index (χ2v) is 23.1. The Hall–Kier alpha value is -7.24. The van der Waals surface area contributed by atoms with Crippen molar-refractivity contribution in [1.82, 2.24) is 19.9 Å². The van der Waals surface area contributed by atoms with E-state index in [1.807, 2.05) is 4.90 Å². The molecule has 2 saturated heterocycles. The zero-order valence-electron chi connectivity index (χ0n) is 47.5. The summed E-state index contributed by atoms with van der Waals surface area (Å²) in [5, 5.41) is 50.9. The highest BCUT2D eigenvalue weighted by Gasteiger charge is 2.53. The lowest BCUT2D eigenvalue weighted by Crippen LogP contribution is -2.55. The predicted octanol–water partition coefficient (Wildman–Crippen LogP) is 4.87. The van der Waals surface area contributed by atoms with Crippen molar-refractivity contribution < 1.29 is 72.5 Å². The number of aromatic nitrogens is 1. The lowest BCUT2D eigenvalue weighted by molar-refractivity contribution is -0.156. The van der Waals surface area contributed by atoms with E-state index in [0.717, 1.165) is 35.3 Å². The monoisotopic (exact) mass is 1140 g/mol. The number of carboxylic acid groups (broad SMARTS) is 1. The molecule has 0 spiro atoms. The maximum absolute atomic E-state index is 16.1. The summed E-state index contributed by atoms with van der Waals surface area (Å²) in [5.41, 5.74) is 5.85. The van der Waals surface area contributed by atoms with E-state index in [4.69, 9.17) is 24.7 Å². The van der Waals surface area contributed by atoms with Gasteiger partial charge < -0.3 is 65.5 Å². The van der Waals surface area contributed by atoms with Gasteiger partial charge in [-0.25, -0.2) is 9.18 Å². The van der Waals surface area contributed by atoms with E-state index in [1.165, 1.54) is 59.1 Å². The number of carboxylic acids is 1. The van der Waals surface area contributed by atoms with Crippen LogP contribution in [0, 0.1) is 43.3 Å². The van der Waals surface area contributed by atoms with Crippen molar-refractivity contribution in [1.29, 1.82) is 0 Å². The number of pyridine rings is 2. The van der Waals surface area contributed by atoms with Gasteiger partial charge in [0, 0.05) is 82.1 Å². The number of phenolic OH excluding ortho intramolecular Hbond substituents is 1. The first-order chi connectivity index (χ1) is 38.8. The molecule has 7 aliphatic rings. The number of benzene rings is 1. The molecule has 21 nitrogen and oxygen atoms in total. The minimum atomic E-state index is -2.17. The molecule has 7 heterocycles. The number of ether oxygens (including phenoxy) is 4. The number of hydrogen-bond donors (Lipinski definition) is 7. The number of phenols is 1. The van der Waals surface area contributed by atoms with E-state index in [2.05, 4.69) is 10.6 Å². The third kappa shape index (κ3) is 10.9. The molecule has 5 bridgehead atoms. The van der Waals surface area contributed by atoms with Crippen LogP contribution in [0.4, 0.5) is 10.1 Å². The van der Waals surface area contributed by atoms with Crippen molar-refractivity contribution in [2.45, 2.75) is 136 Å². The number of hydrogen-bond acceptors (Lipinski definition) is 18. The molecule has 10 atom stereocenters. The summed E-state index contributed by atoms with van der Waals surface area (Å²) in [6.07, 6.45) is 6.96. The van der Waals surface area contributed by atoms with Crippen LogP contribution in [0.2, 0.25) is 0 Å². The first-order valence-corrected chi connectivity index (χ1v) is 27.9. The molecule has 1 aromatic carbocycles. The van der Waals surface area contributed by atoms with Crippen molar-refractivity contribution in [2.24, 2.45) is 29.4 Å². The summed E-state index contributed by atoms with van der Waals surface area (Å²) in [5.74, 6) is -11.1. The summed E-state index contributed by atoms with van der Waals surface area (Å²) < 4.78 is 40.8. The van der Waals surface area contributed by atoms with Crippen LogP contribution in [0.1, 0.15) is 138 Å². The highest BCUT2D eigenvalue weighted by Crippen LogP contribution is 2.50. The van der Waals surface area contributed by atoms with Gasteiger partial charge in [0.25, 0.3) is 17.2 Å². The summed E-state index contributed by atoms with van der Waals surface area (Å²) in [4.78, 5) is 101. The number of carbonyl (C=O) groups is 6. The van der Waals surface area contributed by atoms with Crippen molar-refractivity contribution in [2.75, 3.05) is 44.7 Å². The number of aromatic carboxylic acids is 1. The van der Waals surface area contributed by atoms with Crippen LogP contribution in [0.15, 0.2) is 64.6 Å². The van der Waals surface area contributed by atoms with Crippen LogP contribution < -0.4 is 31.6 Å². The van der Waals surface area contributed by atoms with Crippen LogP contribution in [0.3, 0.4) is 0 Å². The first kappa shape index (κ1) is 59.4. The molecule has 0 radical (unpaired) electrons. The molecule has 22 heteroatoms.